The van der Waals surface area contributed by atoms with Crippen molar-refractivity contribution in [2.45, 2.75) is 13.5 Å². The smallest absolute Gasteiger partial charge is 0.277 e. The molecule has 1 aromatic heterocycles. The van der Waals surface area contributed by atoms with Crippen LogP contribution in [0.5, 0.6) is 0 Å². The van der Waals surface area contributed by atoms with Gasteiger partial charge in [0.05, 0.1) is 28.0 Å². The normalized spacial score (nSPS) is 10.6. The zero-order valence-electron chi connectivity index (χ0n) is 15.0. The number of amides is 1. The number of carbonyl (C=O) groups is 1. The number of rotatable bonds is 6. The first kappa shape index (κ1) is 20.0. The van der Waals surface area contributed by atoms with E-state index < -0.39 is 27.1 Å². The summed E-state index contributed by atoms with van der Waals surface area (Å²) >= 11 is 5.98. The molecule has 0 bridgehead atoms. The molecule has 0 spiro atoms. The number of nitrogens with zero attached hydrogens (tertiary/aromatic N) is 4. The second-order valence-corrected chi connectivity index (χ2v) is 6.60. The van der Waals surface area contributed by atoms with Crippen LogP contribution in [0.4, 0.5) is 17.2 Å². The molecule has 2 aromatic carbocycles. The Labute approximate surface area is 169 Å². The SMILES string of the molecule is Cc1cc(NC(=O)c2cc([N+](=O)[O-])cc([N+](=O)[O-])c2)nn1Cc1cccc(Cl)c1. The third-order valence-electron chi connectivity index (χ3n) is 4.03. The molecule has 0 radical (unpaired) electrons. The van der Waals surface area contributed by atoms with E-state index in [4.69, 9.17) is 11.6 Å². The fraction of sp³-hybridized carbons (Fsp3) is 0.111. The first-order chi connectivity index (χ1) is 13.7. The van der Waals surface area contributed by atoms with E-state index in [1.807, 2.05) is 12.1 Å². The third kappa shape index (κ3) is 4.74. The van der Waals surface area contributed by atoms with Crippen LogP contribution in [-0.2, 0) is 6.54 Å². The number of halogens is 1. The molecule has 148 valence electrons. The molecule has 1 amide bonds. The number of benzene rings is 2. The lowest BCUT2D eigenvalue weighted by Crippen LogP contribution is -2.13. The van der Waals surface area contributed by atoms with E-state index in [-0.39, 0.29) is 11.4 Å². The Balaban J connectivity index is 1.83. The quantitative estimate of drug-likeness (QED) is 0.478. The second-order valence-electron chi connectivity index (χ2n) is 6.16. The molecule has 10 nitrogen and oxygen atoms in total. The van der Waals surface area contributed by atoms with Gasteiger partial charge in [0, 0.05) is 28.9 Å². The predicted molar refractivity (Wildman–Crippen MR) is 105 cm³/mol. The lowest BCUT2D eigenvalue weighted by Gasteiger charge is -2.05. The van der Waals surface area contributed by atoms with Gasteiger partial charge in [0.2, 0.25) is 0 Å². The van der Waals surface area contributed by atoms with Crippen molar-refractivity contribution in [2.24, 2.45) is 0 Å². The van der Waals surface area contributed by atoms with Crippen molar-refractivity contribution in [1.29, 1.82) is 0 Å². The molecule has 0 atom stereocenters. The van der Waals surface area contributed by atoms with Crippen LogP contribution >= 0.6 is 11.6 Å². The fourth-order valence-corrected chi connectivity index (χ4v) is 2.88. The van der Waals surface area contributed by atoms with Crippen LogP contribution < -0.4 is 5.32 Å². The van der Waals surface area contributed by atoms with Gasteiger partial charge in [0.15, 0.2) is 5.82 Å². The number of nitrogens with one attached hydrogen (secondary N) is 1. The average molecular weight is 416 g/mol. The number of nitro benzene ring substituents is 2. The summed E-state index contributed by atoms with van der Waals surface area (Å²) in [7, 11) is 0. The Morgan fingerprint density at radius 2 is 1.76 bits per heavy atom. The molecular weight excluding hydrogens is 402 g/mol. The highest BCUT2D eigenvalue weighted by Gasteiger charge is 2.20. The highest BCUT2D eigenvalue weighted by Crippen LogP contribution is 2.23. The van der Waals surface area contributed by atoms with Gasteiger partial charge < -0.3 is 5.32 Å². The summed E-state index contributed by atoms with van der Waals surface area (Å²) in [5.41, 5.74) is 0.355. The molecule has 3 rings (SSSR count). The van der Waals surface area contributed by atoms with Crippen molar-refractivity contribution in [1.82, 2.24) is 9.78 Å². The second kappa shape index (κ2) is 8.07. The van der Waals surface area contributed by atoms with Gasteiger partial charge in [0.25, 0.3) is 17.3 Å². The number of anilines is 1. The van der Waals surface area contributed by atoms with Gasteiger partial charge in [-0.25, -0.2) is 0 Å². The summed E-state index contributed by atoms with van der Waals surface area (Å²) in [6.07, 6.45) is 0. The molecule has 0 saturated heterocycles. The minimum absolute atomic E-state index is 0.212. The zero-order valence-corrected chi connectivity index (χ0v) is 15.8. The standard InChI is InChI=1S/C18H14ClN5O5/c1-11-5-17(21-22(11)10-12-3-2-4-14(19)6-12)20-18(25)13-7-15(23(26)27)9-16(8-13)24(28)29/h2-9H,10H2,1H3,(H,20,21,25). The van der Waals surface area contributed by atoms with Crippen molar-refractivity contribution < 1.29 is 14.6 Å². The van der Waals surface area contributed by atoms with E-state index in [0.717, 1.165) is 29.5 Å². The number of aromatic nitrogens is 2. The van der Waals surface area contributed by atoms with Gasteiger partial charge in [-0.3, -0.25) is 29.7 Å². The van der Waals surface area contributed by atoms with Gasteiger partial charge in [-0.15, -0.1) is 0 Å². The highest BCUT2D eigenvalue weighted by atomic mass is 35.5. The number of nitro groups is 2. The molecule has 0 unspecified atom stereocenters. The summed E-state index contributed by atoms with van der Waals surface area (Å²) in [4.78, 5) is 32.8. The van der Waals surface area contributed by atoms with Crippen LogP contribution in [0.15, 0.2) is 48.5 Å². The summed E-state index contributed by atoms with van der Waals surface area (Å²) in [6.45, 7) is 2.22. The first-order valence-corrected chi connectivity index (χ1v) is 8.65. The molecule has 1 N–H and O–H groups in total. The van der Waals surface area contributed by atoms with Gasteiger partial charge in [-0.2, -0.15) is 5.10 Å². The maximum absolute atomic E-state index is 12.5. The summed E-state index contributed by atoms with van der Waals surface area (Å²) < 4.78 is 1.65. The molecule has 0 saturated carbocycles. The molecule has 11 heteroatoms. The van der Waals surface area contributed by atoms with E-state index in [1.165, 1.54) is 0 Å². The van der Waals surface area contributed by atoms with Gasteiger partial charge >= 0.3 is 0 Å². The number of carbonyl (C=O) groups excluding carboxylic acids is 1. The highest BCUT2D eigenvalue weighted by molar-refractivity contribution is 6.30. The van der Waals surface area contributed by atoms with Crippen LogP contribution in [0.25, 0.3) is 0 Å². The molecule has 29 heavy (non-hydrogen) atoms. The number of hydrogen-bond acceptors (Lipinski definition) is 6. The number of hydrogen-bond donors (Lipinski definition) is 1. The Morgan fingerprint density at radius 1 is 1.10 bits per heavy atom. The molecule has 0 aliphatic rings. The topological polar surface area (TPSA) is 133 Å². The van der Waals surface area contributed by atoms with Crippen molar-refractivity contribution in [3.63, 3.8) is 0 Å². The average Bonchev–Trinajstić information content (AvgIpc) is 3.00. The monoisotopic (exact) mass is 415 g/mol. The van der Waals surface area contributed by atoms with E-state index in [0.29, 0.717) is 11.6 Å². The summed E-state index contributed by atoms with van der Waals surface area (Å²) in [6, 6.07) is 11.6. The molecule has 3 aromatic rings. The van der Waals surface area contributed by atoms with E-state index >= 15 is 0 Å². The predicted octanol–water partition coefficient (Wildman–Crippen LogP) is 3.96. The van der Waals surface area contributed by atoms with Gasteiger partial charge in [-0.05, 0) is 24.6 Å². The Bertz CT molecular complexity index is 1100. The number of aryl methyl sites for hydroxylation is 1. The van der Waals surface area contributed by atoms with Crippen LogP contribution in [0.1, 0.15) is 21.6 Å². The lowest BCUT2D eigenvalue weighted by molar-refractivity contribution is -0.394. The lowest BCUT2D eigenvalue weighted by atomic mass is 10.1. The zero-order chi connectivity index (χ0) is 21.1. The van der Waals surface area contributed by atoms with Gasteiger partial charge in [0.1, 0.15) is 0 Å². The third-order valence-corrected chi connectivity index (χ3v) is 4.27. The molecule has 0 aliphatic heterocycles. The van der Waals surface area contributed by atoms with E-state index in [1.54, 1.807) is 29.8 Å². The Kier molecular flexibility index (Phi) is 5.55. The van der Waals surface area contributed by atoms with Crippen LogP contribution in [-0.4, -0.2) is 25.5 Å². The molecular formula is C18H14ClN5O5. The minimum Gasteiger partial charge on any atom is -0.305 e. The van der Waals surface area contributed by atoms with Crippen LogP contribution in [0, 0.1) is 27.2 Å². The Morgan fingerprint density at radius 3 is 2.34 bits per heavy atom. The largest absolute Gasteiger partial charge is 0.305 e. The van der Waals surface area contributed by atoms with Crippen molar-refractivity contribution in [2.75, 3.05) is 5.32 Å². The maximum Gasteiger partial charge on any atom is 0.277 e. The fourth-order valence-electron chi connectivity index (χ4n) is 2.67. The maximum atomic E-state index is 12.5. The summed E-state index contributed by atoms with van der Waals surface area (Å²) in [5, 5.41) is 29.3. The van der Waals surface area contributed by atoms with Crippen molar-refractivity contribution in [3.8, 4) is 0 Å². The van der Waals surface area contributed by atoms with Gasteiger partial charge in [-0.1, -0.05) is 23.7 Å². The van der Waals surface area contributed by atoms with E-state index in [2.05, 4.69) is 10.4 Å². The Hall–Kier alpha value is -3.79. The number of non-ortho nitro benzene ring substituents is 2. The molecule has 0 aliphatic carbocycles. The van der Waals surface area contributed by atoms with Crippen LogP contribution in [0.3, 0.4) is 0 Å². The first-order valence-electron chi connectivity index (χ1n) is 8.27. The van der Waals surface area contributed by atoms with Crippen molar-refractivity contribution in [3.05, 3.63) is 90.6 Å². The minimum atomic E-state index is -0.798. The molecule has 1 heterocycles. The summed E-state index contributed by atoms with van der Waals surface area (Å²) in [5.74, 6) is -0.534. The van der Waals surface area contributed by atoms with E-state index in [9.17, 15) is 25.0 Å². The van der Waals surface area contributed by atoms with Crippen LogP contribution in [0.2, 0.25) is 5.02 Å². The molecule has 0 fully saturated rings. The van der Waals surface area contributed by atoms with Crippen molar-refractivity contribution >= 4 is 34.7 Å².